The third-order valence-corrected chi connectivity index (χ3v) is 4.13. The summed E-state index contributed by atoms with van der Waals surface area (Å²) in [6.45, 7) is 8.69. The van der Waals surface area contributed by atoms with Gasteiger partial charge in [-0.25, -0.2) is 0 Å². The number of hydrogen-bond acceptors (Lipinski definition) is 2. The first-order chi connectivity index (χ1) is 9.26. The van der Waals surface area contributed by atoms with Gasteiger partial charge in [0.2, 0.25) is 0 Å². The molecule has 3 atom stereocenters. The van der Waals surface area contributed by atoms with Crippen LogP contribution in [0.1, 0.15) is 51.5 Å². The van der Waals surface area contributed by atoms with Gasteiger partial charge in [0.15, 0.2) is 0 Å². The van der Waals surface area contributed by atoms with Gasteiger partial charge in [0, 0.05) is 17.5 Å². The largest absolute Gasteiger partial charge is 0.493 e. The second-order valence-electron chi connectivity index (χ2n) is 5.75. The highest BCUT2D eigenvalue weighted by molar-refractivity contribution is 5.40. The van der Waals surface area contributed by atoms with E-state index in [-0.39, 0.29) is 0 Å². The van der Waals surface area contributed by atoms with Crippen LogP contribution < -0.4 is 10.1 Å². The Morgan fingerprint density at radius 1 is 1.32 bits per heavy atom. The molecule has 0 aliphatic carbocycles. The van der Waals surface area contributed by atoms with Crippen molar-refractivity contribution < 1.29 is 4.74 Å². The molecule has 106 valence electrons. The van der Waals surface area contributed by atoms with Crippen molar-refractivity contribution in [3.05, 3.63) is 29.8 Å². The van der Waals surface area contributed by atoms with E-state index < -0.39 is 0 Å². The quantitative estimate of drug-likeness (QED) is 0.802. The maximum atomic E-state index is 5.84. The van der Waals surface area contributed by atoms with Crippen molar-refractivity contribution in [3.63, 3.8) is 0 Å². The summed E-state index contributed by atoms with van der Waals surface area (Å²) >= 11 is 0. The fourth-order valence-electron chi connectivity index (χ4n) is 3.22. The molecule has 3 unspecified atom stereocenters. The standard InChI is InChI=1S/C17H27NO/c1-4-8-13(3)11-16(18-5-2)15-12-19-17-10-7-6-9-14(15)17/h6-7,9-10,13,15-16,18H,4-5,8,11-12H2,1-3H3. The molecule has 0 saturated carbocycles. The molecule has 19 heavy (non-hydrogen) atoms. The van der Waals surface area contributed by atoms with Crippen LogP contribution in [0.25, 0.3) is 0 Å². The van der Waals surface area contributed by atoms with E-state index >= 15 is 0 Å². The molecule has 1 aromatic rings. The van der Waals surface area contributed by atoms with Crippen molar-refractivity contribution >= 4 is 0 Å². The summed E-state index contributed by atoms with van der Waals surface area (Å²) < 4.78 is 5.84. The second kappa shape index (κ2) is 6.95. The average molecular weight is 261 g/mol. The maximum Gasteiger partial charge on any atom is 0.122 e. The first kappa shape index (κ1) is 14.4. The maximum absolute atomic E-state index is 5.84. The van der Waals surface area contributed by atoms with Crippen molar-refractivity contribution in [3.8, 4) is 5.75 Å². The van der Waals surface area contributed by atoms with Crippen LogP contribution in [0.3, 0.4) is 0 Å². The summed E-state index contributed by atoms with van der Waals surface area (Å²) in [5, 5.41) is 3.67. The fourth-order valence-corrected chi connectivity index (χ4v) is 3.22. The van der Waals surface area contributed by atoms with Crippen LogP contribution in [0.15, 0.2) is 24.3 Å². The number of nitrogens with one attached hydrogen (secondary N) is 1. The molecule has 0 radical (unpaired) electrons. The zero-order chi connectivity index (χ0) is 13.7. The molecule has 1 aliphatic rings. The zero-order valence-electron chi connectivity index (χ0n) is 12.5. The highest BCUT2D eigenvalue weighted by atomic mass is 16.5. The van der Waals surface area contributed by atoms with Crippen LogP contribution in [0.4, 0.5) is 0 Å². The molecule has 2 heteroatoms. The van der Waals surface area contributed by atoms with Crippen molar-refractivity contribution in [2.75, 3.05) is 13.2 Å². The van der Waals surface area contributed by atoms with Crippen molar-refractivity contribution in [1.82, 2.24) is 5.32 Å². The lowest BCUT2D eigenvalue weighted by Gasteiger charge is -2.26. The number of ether oxygens (including phenoxy) is 1. The Morgan fingerprint density at radius 2 is 2.11 bits per heavy atom. The van der Waals surface area contributed by atoms with Gasteiger partial charge >= 0.3 is 0 Å². The molecular formula is C17H27NO. The summed E-state index contributed by atoms with van der Waals surface area (Å²) in [5.41, 5.74) is 1.39. The number of benzene rings is 1. The minimum atomic E-state index is 0.510. The fraction of sp³-hybridized carbons (Fsp3) is 0.647. The SMILES string of the molecule is CCCC(C)CC(NCC)C1COc2ccccc21. The molecule has 0 bridgehead atoms. The van der Waals surface area contributed by atoms with Gasteiger partial charge in [-0.2, -0.15) is 0 Å². The molecule has 0 fully saturated rings. The molecule has 0 saturated heterocycles. The van der Waals surface area contributed by atoms with Crippen LogP contribution in [-0.2, 0) is 0 Å². The third-order valence-electron chi connectivity index (χ3n) is 4.13. The van der Waals surface area contributed by atoms with E-state index in [1.165, 1.54) is 24.8 Å². The Bertz CT molecular complexity index is 391. The minimum Gasteiger partial charge on any atom is -0.493 e. The van der Waals surface area contributed by atoms with Gasteiger partial charge in [-0.3, -0.25) is 0 Å². The van der Waals surface area contributed by atoms with Crippen LogP contribution in [-0.4, -0.2) is 19.2 Å². The molecule has 1 heterocycles. The predicted octanol–water partition coefficient (Wildman–Crippen LogP) is 3.97. The molecule has 1 N–H and O–H groups in total. The Balaban J connectivity index is 2.07. The summed E-state index contributed by atoms with van der Waals surface area (Å²) in [6, 6.07) is 9.04. The Hall–Kier alpha value is -1.02. The van der Waals surface area contributed by atoms with Crippen LogP contribution in [0.2, 0.25) is 0 Å². The first-order valence-corrected chi connectivity index (χ1v) is 7.71. The molecule has 0 spiro atoms. The Kier molecular flexibility index (Phi) is 5.26. The van der Waals surface area contributed by atoms with Crippen molar-refractivity contribution in [2.45, 2.75) is 52.0 Å². The number of para-hydroxylation sites is 1. The van der Waals surface area contributed by atoms with Gasteiger partial charge in [-0.05, 0) is 24.9 Å². The van der Waals surface area contributed by atoms with E-state index in [0.717, 1.165) is 24.8 Å². The van der Waals surface area contributed by atoms with Gasteiger partial charge < -0.3 is 10.1 Å². The normalized spacial score (nSPS) is 20.7. The van der Waals surface area contributed by atoms with Crippen molar-refractivity contribution in [2.24, 2.45) is 5.92 Å². The van der Waals surface area contributed by atoms with E-state index in [2.05, 4.69) is 50.4 Å². The lowest BCUT2D eigenvalue weighted by atomic mass is 9.86. The predicted molar refractivity (Wildman–Crippen MR) is 80.8 cm³/mol. The monoisotopic (exact) mass is 261 g/mol. The Labute approximate surface area is 117 Å². The van der Waals surface area contributed by atoms with Gasteiger partial charge in [0.1, 0.15) is 5.75 Å². The van der Waals surface area contributed by atoms with Gasteiger partial charge in [0.25, 0.3) is 0 Å². The van der Waals surface area contributed by atoms with E-state index in [9.17, 15) is 0 Å². The van der Waals surface area contributed by atoms with Crippen LogP contribution in [0.5, 0.6) is 5.75 Å². The first-order valence-electron chi connectivity index (χ1n) is 7.71. The second-order valence-corrected chi connectivity index (χ2v) is 5.75. The third kappa shape index (κ3) is 3.50. The smallest absolute Gasteiger partial charge is 0.122 e. The lowest BCUT2D eigenvalue weighted by Crippen LogP contribution is -2.37. The zero-order valence-corrected chi connectivity index (χ0v) is 12.5. The Morgan fingerprint density at radius 3 is 2.84 bits per heavy atom. The van der Waals surface area contributed by atoms with E-state index in [0.29, 0.717) is 12.0 Å². The number of hydrogen-bond donors (Lipinski definition) is 1. The molecule has 1 aromatic carbocycles. The summed E-state index contributed by atoms with van der Waals surface area (Å²) in [5.74, 6) is 2.37. The lowest BCUT2D eigenvalue weighted by molar-refractivity contribution is 0.275. The molecule has 2 rings (SSSR count). The summed E-state index contributed by atoms with van der Waals surface area (Å²) in [7, 11) is 0. The van der Waals surface area contributed by atoms with E-state index in [1.54, 1.807) is 0 Å². The molecule has 2 nitrogen and oxygen atoms in total. The average Bonchev–Trinajstić information content (AvgIpc) is 2.82. The van der Waals surface area contributed by atoms with Gasteiger partial charge in [0.05, 0.1) is 6.61 Å². The molecule has 1 aliphatic heterocycles. The summed E-state index contributed by atoms with van der Waals surface area (Å²) in [6.07, 6.45) is 3.83. The van der Waals surface area contributed by atoms with Gasteiger partial charge in [-0.1, -0.05) is 51.8 Å². The van der Waals surface area contributed by atoms with Gasteiger partial charge in [-0.15, -0.1) is 0 Å². The van der Waals surface area contributed by atoms with Crippen LogP contribution >= 0.6 is 0 Å². The van der Waals surface area contributed by atoms with E-state index in [4.69, 9.17) is 4.74 Å². The number of fused-ring (bicyclic) bond motifs is 1. The highest BCUT2D eigenvalue weighted by Crippen LogP contribution is 2.37. The number of rotatable bonds is 7. The van der Waals surface area contributed by atoms with Crippen molar-refractivity contribution in [1.29, 1.82) is 0 Å². The molecule has 0 amide bonds. The van der Waals surface area contributed by atoms with E-state index in [1.807, 2.05) is 0 Å². The topological polar surface area (TPSA) is 21.3 Å². The minimum absolute atomic E-state index is 0.510. The number of likely N-dealkylation sites (N-methyl/N-ethyl adjacent to an activating group) is 1. The molecule has 0 aromatic heterocycles. The highest BCUT2D eigenvalue weighted by Gasteiger charge is 2.31. The molecular weight excluding hydrogens is 234 g/mol. The summed E-state index contributed by atoms with van der Waals surface area (Å²) in [4.78, 5) is 0. The van der Waals surface area contributed by atoms with Crippen LogP contribution in [0, 0.1) is 5.92 Å².